The van der Waals surface area contributed by atoms with E-state index in [2.05, 4.69) is 0 Å². The van der Waals surface area contributed by atoms with Crippen LogP contribution in [0.4, 0.5) is 0 Å². The van der Waals surface area contributed by atoms with Crippen molar-refractivity contribution in [1.82, 2.24) is 4.90 Å². The zero-order valence-corrected chi connectivity index (χ0v) is 17.0. The van der Waals surface area contributed by atoms with Crippen molar-refractivity contribution in [1.29, 1.82) is 0 Å². The van der Waals surface area contributed by atoms with Gasteiger partial charge >= 0.3 is 11.9 Å². The van der Waals surface area contributed by atoms with Crippen molar-refractivity contribution in [2.45, 2.75) is 44.8 Å². The van der Waals surface area contributed by atoms with E-state index >= 15 is 0 Å². The summed E-state index contributed by atoms with van der Waals surface area (Å²) in [6.07, 6.45) is 3.17. The molecule has 2 heterocycles. The summed E-state index contributed by atoms with van der Waals surface area (Å²) >= 11 is 0. The summed E-state index contributed by atoms with van der Waals surface area (Å²) in [4.78, 5) is 39.1. The van der Waals surface area contributed by atoms with E-state index in [1.54, 1.807) is 23.1 Å². The molecule has 0 aliphatic carbocycles. The number of rotatable bonds is 4. The number of fused-ring (bicyclic) bond motifs is 1. The van der Waals surface area contributed by atoms with Crippen LogP contribution in [0.25, 0.3) is 0 Å². The second kappa shape index (κ2) is 8.69. The number of hydrogen-bond acceptors (Lipinski definition) is 5. The summed E-state index contributed by atoms with van der Waals surface area (Å²) in [6.45, 7) is 2.46. The number of ether oxygens (including phenoxy) is 2. The molecule has 2 aliphatic heterocycles. The van der Waals surface area contributed by atoms with Crippen molar-refractivity contribution >= 4 is 17.8 Å². The molecule has 1 fully saturated rings. The molecule has 0 spiro atoms. The Bertz CT molecular complexity index is 955. The first-order valence-electron chi connectivity index (χ1n) is 10.4. The molecule has 156 valence electrons. The van der Waals surface area contributed by atoms with Gasteiger partial charge in [-0.1, -0.05) is 30.3 Å². The number of cyclic esters (lactones) is 1. The second-order valence-electron chi connectivity index (χ2n) is 7.89. The molecule has 6 heteroatoms. The van der Waals surface area contributed by atoms with Gasteiger partial charge < -0.3 is 14.4 Å². The fourth-order valence-corrected chi connectivity index (χ4v) is 4.14. The SMILES string of the molecule is CC1CCCCN1C(=O)COC(=O)c1ccc2c(c1)CC(c1ccccc1)OC2=O. The Morgan fingerprint density at radius 3 is 2.70 bits per heavy atom. The molecule has 0 bridgehead atoms. The van der Waals surface area contributed by atoms with Crippen LogP contribution in [0.5, 0.6) is 0 Å². The van der Waals surface area contributed by atoms with Crippen LogP contribution in [0.1, 0.15) is 64.1 Å². The predicted octanol–water partition coefficient (Wildman–Crippen LogP) is 3.70. The van der Waals surface area contributed by atoms with E-state index < -0.39 is 11.9 Å². The maximum Gasteiger partial charge on any atom is 0.339 e. The number of esters is 2. The fraction of sp³-hybridized carbons (Fsp3) is 0.375. The molecule has 6 nitrogen and oxygen atoms in total. The number of nitrogens with zero attached hydrogens (tertiary/aromatic N) is 1. The highest BCUT2D eigenvalue weighted by Gasteiger charge is 2.29. The monoisotopic (exact) mass is 407 g/mol. The second-order valence-corrected chi connectivity index (χ2v) is 7.89. The van der Waals surface area contributed by atoms with Gasteiger partial charge in [0.05, 0.1) is 11.1 Å². The summed E-state index contributed by atoms with van der Waals surface area (Å²) in [5.74, 6) is -1.13. The highest BCUT2D eigenvalue weighted by Crippen LogP contribution is 2.31. The van der Waals surface area contributed by atoms with Crippen LogP contribution in [0.15, 0.2) is 48.5 Å². The molecule has 2 aromatic rings. The number of likely N-dealkylation sites (tertiary alicyclic amines) is 1. The van der Waals surface area contributed by atoms with Crippen LogP contribution in [-0.2, 0) is 20.7 Å². The smallest absolute Gasteiger partial charge is 0.339 e. The molecular formula is C24H25NO5. The highest BCUT2D eigenvalue weighted by atomic mass is 16.5. The predicted molar refractivity (Wildman–Crippen MR) is 110 cm³/mol. The number of carbonyl (C=O) groups is 3. The van der Waals surface area contributed by atoms with Crippen LogP contribution in [-0.4, -0.2) is 41.9 Å². The molecule has 0 radical (unpaired) electrons. The number of benzene rings is 2. The van der Waals surface area contributed by atoms with Crippen molar-refractivity contribution in [3.8, 4) is 0 Å². The lowest BCUT2D eigenvalue weighted by molar-refractivity contribution is -0.137. The van der Waals surface area contributed by atoms with Gasteiger partial charge in [0.25, 0.3) is 5.91 Å². The van der Waals surface area contributed by atoms with E-state index in [1.165, 1.54) is 0 Å². The van der Waals surface area contributed by atoms with E-state index in [4.69, 9.17) is 9.47 Å². The molecule has 2 unspecified atom stereocenters. The van der Waals surface area contributed by atoms with Gasteiger partial charge in [0, 0.05) is 19.0 Å². The topological polar surface area (TPSA) is 72.9 Å². The van der Waals surface area contributed by atoms with Gasteiger partial charge in [-0.3, -0.25) is 4.79 Å². The van der Waals surface area contributed by atoms with Gasteiger partial charge in [-0.15, -0.1) is 0 Å². The third kappa shape index (κ3) is 4.22. The molecule has 1 saturated heterocycles. The third-order valence-corrected chi connectivity index (χ3v) is 5.84. The lowest BCUT2D eigenvalue weighted by atomic mass is 9.93. The van der Waals surface area contributed by atoms with Crippen molar-refractivity contribution < 1.29 is 23.9 Å². The lowest BCUT2D eigenvalue weighted by Crippen LogP contribution is -2.44. The molecule has 1 amide bonds. The zero-order valence-electron chi connectivity index (χ0n) is 17.0. The lowest BCUT2D eigenvalue weighted by Gasteiger charge is -2.33. The fourth-order valence-electron chi connectivity index (χ4n) is 4.14. The standard InChI is InChI=1S/C24H25NO5/c1-16-7-5-6-12-25(16)22(26)15-29-23(27)18-10-11-20-19(13-18)14-21(30-24(20)28)17-8-3-2-4-9-17/h2-4,8-11,13,16,21H,5-7,12,14-15H2,1H3. The summed E-state index contributed by atoms with van der Waals surface area (Å²) < 4.78 is 10.8. The minimum absolute atomic E-state index is 0.166. The Morgan fingerprint density at radius 2 is 1.93 bits per heavy atom. The Morgan fingerprint density at radius 1 is 1.13 bits per heavy atom. The van der Waals surface area contributed by atoms with Crippen molar-refractivity contribution in [3.05, 3.63) is 70.8 Å². The largest absolute Gasteiger partial charge is 0.454 e. The van der Waals surface area contributed by atoms with E-state index in [0.717, 1.165) is 30.4 Å². The van der Waals surface area contributed by atoms with Gasteiger partial charge in [0.15, 0.2) is 6.61 Å². The first-order valence-corrected chi connectivity index (χ1v) is 10.4. The normalized spacial score (nSPS) is 20.8. The Kier molecular flexibility index (Phi) is 5.84. The van der Waals surface area contributed by atoms with E-state index in [9.17, 15) is 14.4 Å². The molecule has 0 N–H and O–H groups in total. The summed E-state index contributed by atoms with van der Waals surface area (Å²) in [7, 11) is 0. The van der Waals surface area contributed by atoms with Crippen LogP contribution in [0.2, 0.25) is 0 Å². The molecule has 0 aromatic heterocycles. The van der Waals surface area contributed by atoms with E-state index in [-0.39, 0.29) is 24.7 Å². The van der Waals surface area contributed by atoms with Gasteiger partial charge in [0.2, 0.25) is 0 Å². The van der Waals surface area contributed by atoms with Gasteiger partial charge in [-0.05, 0) is 55.5 Å². The van der Waals surface area contributed by atoms with Crippen molar-refractivity contribution in [2.24, 2.45) is 0 Å². The Hall–Kier alpha value is -3.15. The molecule has 30 heavy (non-hydrogen) atoms. The average molecular weight is 407 g/mol. The highest BCUT2D eigenvalue weighted by molar-refractivity contribution is 5.96. The summed E-state index contributed by atoms with van der Waals surface area (Å²) in [5, 5.41) is 0. The molecule has 2 aromatic carbocycles. The molecule has 2 atom stereocenters. The van der Waals surface area contributed by atoms with Gasteiger partial charge in [-0.25, -0.2) is 9.59 Å². The minimum Gasteiger partial charge on any atom is -0.454 e. The third-order valence-electron chi connectivity index (χ3n) is 5.84. The first kappa shape index (κ1) is 20.1. The number of piperidine rings is 1. The van der Waals surface area contributed by atoms with Crippen LogP contribution >= 0.6 is 0 Å². The van der Waals surface area contributed by atoms with Crippen LogP contribution in [0.3, 0.4) is 0 Å². The van der Waals surface area contributed by atoms with Crippen LogP contribution < -0.4 is 0 Å². The maximum absolute atomic E-state index is 12.5. The minimum atomic E-state index is -0.564. The molecule has 4 rings (SSSR count). The Balaban J connectivity index is 1.44. The number of carbonyl (C=O) groups excluding carboxylic acids is 3. The quantitative estimate of drug-likeness (QED) is 0.723. The Labute approximate surface area is 175 Å². The van der Waals surface area contributed by atoms with Crippen LogP contribution in [0, 0.1) is 0 Å². The van der Waals surface area contributed by atoms with Crippen molar-refractivity contribution in [3.63, 3.8) is 0 Å². The maximum atomic E-state index is 12.5. The average Bonchev–Trinajstić information content (AvgIpc) is 2.77. The zero-order chi connectivity index (χ0) is 21.1. The first-order chi connectivity index (χ1) is 14.5. The van der Waals surface area contributed by atoms with Gasteiger partial charge in [0.1, 0.15) is 6.10 Å². The summed E-state index contributed by atoms with van der Waals surface area (Å²) in [6, 6.07) is 14.5. The number of amides is 1. The molecule has 2 aliphatic rings. The van der Waals surface area contributed by atoms with E-state index in [1.807, 2.05) is 37.3 Å². The number of hydrogen-bond donors (Lipinski definition) is 0. The summed E-state index contributed by atoms with van der Waals surface area (Å²) in [5.41, 5.74) is 2.43. The van der Waals surface area contributed by atoms with E-state index in [0.29, 0.717) is 24.1 Å². The van der Waals surface area contributed by atoms with Gasteiger partial charge in [-0.2, -0.15) is 0 Å². The molecule has 0 saturated carbocycles. The van der Waals surface area contributed by atoms with Crippen molar-refractivity contribution in [2.75, 3.05) is 13.2 Å². The molecular weight excluding hydrogens is 382 g/mol.